The highest BCUT2D eigenvalue weighted by Gasteiger charge is 2.63. The Labute approximate surface area is 199 Å². The Balaban J connectivity index is 1.27. The standard InChI is InChI=1S/C27H31FN2O4/c1-29-27(19-8-15-7-16(10-19)11-20(27)9-15)34-14-18-12-23(28)22(13-21(18)17-4-5-17)25(31)30-6-2-3-24(30)26(32)33/h12-13,15-17,19-20,24H,2-11,14H2,(H,32,33)/t15?,16?,19?,20?,24-,27?/m0/s1. The van der Waals surface area contributed by atoms with Crippen molar-refractivity contribution in [3.05, 3.63) is 46.1 Å². The molecule has 1 N–H and O–H groups in total. The first kappa shape index (κ1) is 22.0. The third-order valence-corrected chi connectivity index (χ3v) is 9.22. The molecule has 6 aliphatic rings. The number of rotatable bonds is 6. The highest BCUT2D eigenvalue weighted by Crippen LogP contribution is 2.60. The molecule has 0 unspecified atom stereocenters. The van der Waals surface area contributed by atoms with Gasteiger partial charge in [0.1, 0.15) is 11.9 Å². The second-order valence-electron chi connectivity index (χ2n) is 11.3. The van der Waals surface area contributed by atoms with Gasteiger partial charge in [0, 0.05) is 6.54 Å². The molecule has 4 bridgehead atoms. The Morgan fingerprint density at radius 2 is 1.79 bits per heavy atom. The van der Waals surface area contributed by atoms with Gasteiger partial charge in [0.25, 0.3) is 5.91 Å². The summed E-state index contributed by atoms with van der Waals surface area (Å²) < 4.78 is 21.7. The predicted octanol–water partition coefficient (Wildman–Crippen LogP) is 4.98. The number of carbonyl (C=O) groups is 2. The number of nitrogens with zero attached hydrogens (tertiary/aromatic N) is 2. The van der Waals surface area contributed by atoms with Crippen molar-refractivity contribution in [2.75, 3.05) is 6.54 Å². The lowest BCUT2D eigenvalue weighted by Gasteiger charge is -2.54. The first-order chi connectivity index (χ1) is 16.4. The monoisotopic (exact) mass is 466 g/mol. The lowest BCUT2D eigenvalue weighted by atomic mass is 9.52. The van der Waals surface area contributed by atoms with E-state index in [0.29, 0.717) is 19.4 Å². The summed E-state index contributed by atoms with van der Waals surface area (Å²) in [6.07, 6.45) is 8.52. The van der Waals surface area contributed by atoms with Crippen LogP contribution in [-0.4, -0.2) is 40.2 Å². The molecule has 5 saturated carbocycles. The maximum absolute atomic E-state index is 15.3. The van der Waals surface area contributed by atoms with E-state index in [4.69, 9.17) is 11.3 Å². The van der Waals surface area contributed by atoms with Crippen molar-refractivity contribution in [2.24, 2.45) is 23.7 Å². The molecular weight excluding hydrogens is 435 g/mol. The molecule has 7 heteroatoms. The molecule has 1 heterocycles. The number of aliphatic carboxylic acids is 1. The van der Waals surface area contributed by atoms with Crippen LogP contribution in [-0.2, 0) is 16.1 Å². The van der Waals surface area contributed by atoms with Gasteiger partial charge in [-0.3, -0.25) is 9.64 Å². The van der Waals surface area contributed by atoms with E-state index >= 15 is 4.39 Å². The maximum atomic E-state index is 15.3. The van der Waals surface area contributed by atoms with Crippen LogP contribution in [0, 0.1) is 36.1 Å². The van der Waals surface area contributed by atoms with Crippen LogP contribution in [0.1, 0.15) is 85.2 Å². The van der Waals surface area contributed by atoms with Gasteiger partial charge in [-0.05, 0) is 98.8 Å². The van der Waals surface area contributed by atoms with E-state index in [9.17, 15) is 14.7 Å². The number of carboxylic acids is 1. The molecule has 180 valence electrons. The van der Waals surface area contributed by atoms with Crippen LogP contribution in [0.2, 0.25) is 0 Å². The first-order valence-electron chi connectivity index (χ1n) is 12.8. The van der Waals surface area contributed by atoms with Crippen molar-refractivity contribution in [1.29, 1.82) is 0 Å². The molecule has 1 aromatic carbocycles. The highest BCUT2D eigenvalue weighted by molar-refractivity contribution is 5.97. The number of amides is 1. The molecule has 1 atom stereocenters. The van der Waals surface area contributed by atoms with Gasteiger partial charge in [-0.2, -0.15) is 0 Å². The van der Waals surface area contributed by atoms with E-state index < -0.39 is 29.5 Å². The Bertz CT molecular complexity index is 1050. The van der Waals surface area contributed by atoms with Crippen LogP contribution in [0.25, 0.3) is 4.85 Å². The van der Waals surface area contributed by atoms with Crippen molar-refractivity contribution in [2.45, 2.75) is 82.1 Å². The minimum Gasteiger partial charge on any atom is -0.480 e. The van der Waals surface area contributed by atoms with Gasteiger partial charge in [0.05, 0.1) is 24.0 Å². The molecule has 5 aliphatic carbocycles. The zero-order valence-corrected chi connectivity index (χ0v) is 19.3. The zero-order chi connectivity index (χ0) is 23.6. The van der Waals surface area contributed by atoms with Gasteiger partial charge in [0.2, 0.25) is 0 Å². The zero-order valence-electron chi connectivity index (χ0n) is 19.3. The second-order valence-corrected chi connectivity index (χ2v) is 11.3. The Hall–Kier alpha value is -2.46. The Morgan fingerprint density at radius 1 is 1.12 bits per heavy atom. The molecule has 1 aromatic rings. The molecule has 1 aliphatic heterocycles. The van der Waals surface area contributed by atoms with Crippen LogP contribution in [0.15, 0.2) is 12.1 Å². The van der Waals surface area contributed by atoms with E-state index in [1.54, 1.807) is 6.07 Å². The number of likely N-dealkylation sites (tertiary alicyclic amines) is 1. The van der Waals surface area contributed by atoms with E-state index in [-0.39, 0.29) is 29.9 Å². The van der Waals surface area contributed by atoms with E-state index in [1.165, 1.54) is 17.4 Å². The van der Waals surface area contributed by atoms with Crippen LogP contribution >= 0.6 is 0 Å². The molecule has 0 aromatic heterocycles. The second kappa shape index (κ2) is 8.05. The molecular formula is C27H31FN2O4. The van der Waals surface area contributed by atoms with Gasteiger partial charge in [-0.1, -0.05) is 0 Å². The SMILES string of the molecule is [C-]#[N+]C1(OCc2cc(F)c(C(=O)N3CCC[C@H]3C(=O)O)cc2C2CC2)C2CC3CC(C2)CC1C3. The fraction of sp³-hybridized carbons (Fsp3) is 0.667. The van der Waals surface area contributed by atoms with Crippen LogP contribution in [0.5, 0.6) is 0 Å². The van der Waals surface area contributed by atoms with Gasteiger partial charge >= 0.3 is 11.7 Å². The molecule has 6 nitrogen and oxygen atoms in total. The molecule has 6 fully saturated rings. The summed E-state index contributed by atoms with van der Waals surface area (Å²) in [7, 11) is 0. The average molecular weight is 467 g/mol. The topological polar surface area (TPSA) is 71.2 Å². The number of hydrogen-bond donors (Lipinski definition) is 1. The van der Waals surface area contributed by atoms with Crippen LogP contribution < -0.4 is 0 Å². The van der Waals surface area contributed by atoms with Gasteiger partial charge in [-0.25, -0.2) is 15.8 Å². The fourth-order valence-electron chi connectivity index (χ4n) is 7.62. The fourth-order valence-corrected chi connectivity index (χ4v) is 7.62. The van der Waals surface area contributed by atoms with Crippen molar-refractivity contribution in [3.8, 4) is 0 Å². The molecule has 0 radical (unpaired) electrons. The van der Waals surface area contributed by atoms with Crippen LogP contribution in [0.3, 0.4) is 0 Å². The smallest absolute Gasteiger partial charge is 0.342 e. The quantitative estimate of drug-likeness (QED) is 0.600. The molecule has 0 spiro atoms. The van der Waals surface area contributed by atoms with Gasteiger partial charge < -0.3 is 14.7 Å². The van der Waals surface area contributed by atoms with Gasteiger partial charge in [0.15, 0.2) is 0 Å². The number of benzene rings is 1. The molecule has 34 heavy (non-hydrogen) atoms. The molecule has 7 rings (SSSR count). The van der Waals surface area contributed by atoms with Gasteiger partial charge in [-0.15, -0.1) is 0 Å². The molecule has 1 saturated heterocycles. The summed E-state index contributed by atoms with van der Waals surface area (Å²) in [5.41, 5.74) is 0.793. The normalized spacial score (nSPS) is 36.0. The first-order valence-corrected chi connectivity index (χ1v) is 12.8. The average Bonchev–Trinajstić information content (AvgIpc) is 3.53. The Morgan fingerprint density at radius 3 is 2.38 bits per heavy atom. The minimum atomic E-state index is -1.04. The van der Waals surface area contributed by atoms with E-state index in [2.05, 4.69) is 4.85 Å². The third-order valence-electron chi connectivity index (χ3n) is 9.22. The van der Waals surface area contributed by atoms with Crippen molar-refractivity contribution >= 4 is 11.9 Å². The van der Waals surface area contributed by atoms with Crippen molar-refractivity contribution < 1.29 is 23.8 Å². The lowest BCUT2D eigenvalue weighted by molar-refractivity contribution is -0.183. The number of halogens is 1. The highest BCUT2D eigenvalue weighted by atomic mass is 19.1. The minimum absolute atomic E-state index is 0.0479. The summed E-state index contributed by atoms with van der Waals surface area (Å²) in [6.45, 7) is 8.56. The number of hydrogen-bond acceptors (Lipinski definition) is 3. The Kier molecular flexibility index (Phi) is 5.22. The summed E-state index contributed by atoms with van der Waals surface area (Å²) in [5, 5.41) is 9.45. The number of carboxylic acid groups (broad SMARTS) is 1. The van der Waals surface area contributed by atoms with E-state index in [0.717, 1.165) is 61.5 Å². The summed E-state index contributed by atoms with van der Waals surface area (Å²) in [6, 6.07) is 2.14. The third kappa shape index (κ3) is 3.45. The van der Waals surface area contributed by atoms with Crippen molar-refractivity contribution in [3.63, 3.8) is 0 Å². The van der Waals surface area contributed by atoms with Crippen LogP contribution in [0.4, 0.5) is 4.39 Å². The largest absolute Gasteiger partial charge is 0.480 e. The number of ether oxygens (including phenoxy) is 1. The number of carbonyl (C=O) groups excluding carboxylic acids is 1. The summed E-state index contributed by atoms with van der Waals surface area (Å²) in [4.78, 5) is 30.0. The molecule has 1 amide bonds. The summed E-state index contributed by atoms with van der Waals surface area (Å²) in [5.74, 6) is 0.0259. The predicted molar refractivity (Wildman–Crippen MR) is 121 cm³/mol. The van der Waals surface area contributed by atoms with Crippen molar-refractivity contribution in [1.82, 2.24) is 4.90 Å². The maximum Gasteiger partial charge on any atom is 0.342 e. The summed E-state index contributed by atoms with van der Waals surface area (Å²) >= 11 is 0. The van der Waals surface area contributed by atoms with E-state index in [1.807, 2.05) is 0 Å². The lowest BCUT2D eigenvalue weighted by Crippen LogP contribution is -2.57.